The van der Waals surface area contributed by atoms with E-state index in [4.69, 9.17) is 5.73 Å². The van der Waals surface area contributed by atoms with Crippen molar-refractivity contribution in [2.24, 2.45) is 5.92 Å². The van der Waals surface area contributed by atoms with Crippen molar-refractivity contribution < 1.29 is 8.42 Å². The average molecular weight is 282 g/mol. The average Bonchev–Trinajstić information content (AvgIpc) is 2.38. The van der Waals surface area contributed by atoms with Crippen LogP contribution < -0.4 is 5.73 Å². The van der Waals surface area contributed by atoms with Gasteiger partial charge in [0.05, 0.1) is 5.69 Å². The van der Waals surface area contributed by atoms with E-state index in [1.54, 1.807) is 22.5 Å². The minimum absolute atomic E-state index is 0.244. The fourth-order valence-corrected chi connectivity index (χ4v) is 4.17. The van der Waals surface area contributed by atoms with Crippen LogP contribution in [0.4, 0.5) is 5.69 Å². The fraction of sp³-hybridized carbons (Fsp3) is 0.571. The summed E-state index contributed by atoms with van der Waals surface area (Å²) in [5.41, 5.74) is 7.18. The van der Waals surface area contributed by atoms with Crippen LogP contribution in [0.3, 0.4) is 0 Å². The fourth-order valence-electron chi connectivity index (χ4n) is 2.60. The van der Waals surface area contributed by atoms with Crippen molar-refractivity contribution in [3.05, 3.63) is 23.8 Å². The van der Waals surface area contributed by atoms with E-state index in [-0.39, 0.29) is 4.90 Å². The Morgan fingerprint density at radius 2 is 1.95 bits per heavy atom. The molecule has 1 aliphatic heterocycles. The topological polar surface area (TPSA) is 63.4 Å². The van der Waals surface area contributed by atoms with Gasteiger partial charge >= 0.3 is 0 Å². The lowest BCUT2D eigenvalue weighted by atomic mass is 9.96. The van der Waals surface area contributed by atoms with Gasteiger partial charge in [-0.3, -0.25) is 0 Å². The third-order valence-corrected chi connectivity index (χ3v) is 5.91. The van der Waals surface area contributed by atoms with Gasteiger partial charge in [0.15, 0.2) is 0 Å². The lowest BCUT2D eigenvalue weighted by Gasteiger charge is -2.31. The maximum Gasteiger partial charge on any atom is 0.245 e. The minimum atomic E-state index is -3.43. The summed E-state index contributed by atoms with van der Waals surface area (Å²) in [6.45, 7) is 5.27. The number of benzene rings is 1. The summed E-state index contributed by atoms with van der Waals surface area (Å²) in [5.74, 6) is 0.654. The highest BCUT2D eigenvalue weighted by atomic mass is 32.2. The van der Waals surface area contributed by atoms with E-state index in [9.17, 15) is 8.42 Å². The molecule has 0 spiro atoms. The van der Waals surface area contributed by atoms with E-state index in [2.05, 4.69) is 6.92 Å². The molecule has 0 radical (unpaired) electrons. The highest BCUT2D eigenvalue weighted by Gasteiger charge is 2.30. The second kappa shape index (κ2) is 5.51. The van der Waals surface area contributed by atoms with Crippen molar-refractivity contribution in [1.82, 2.24) is 4.31 Å². The summed E-state index contributed by atoms with van der Waals surface area (Å²) < 4.78 is 26.7. The smallest absolute Gasteiger partial charge is 0.245 e. The van der Waals surface area contributed by atoms with Crippen molar-refractivity contribution >= 4 is 15.7 Å². The van der Waals surface area contributed by atoms with Gasteiger partial charge in [0, 0.05) is 13.1 Å². The molecule has 1 aliphatic rings. The van der Waals surface area contributed by atoms with Gasteiger partial charge in [0.25, 0.3) is 0 Å². The van der Waals surface area contributed by atoms with Crippen LogP contribution in [0.5, 0.6) is 0 Å². The maximum atomic E-state index is 12.6. The first-order valence-electron chi connectivity index (χ1n) is 6.81. The number of aryl methyl sites for hydroxylation is 1. The number of nitrogens with zero attached hydrogens (tertiary/aromatic N) is 1. The Labute approximate surface area is 115 Å². The van der Waals surface area contributed by atoms with E-state index < -0.39 is 10.0 Å². The third-order valence-electron chi connectivity index (χ3n) is 3.93. The Balaban J connectivity index is 2.23. The highest BCUT2D eigenvalue weighted by Crippen LogP contribution is 2.28. The standard InChI is InChI=1S/C14H22N2O2S/c1-3-12-6-8-16(9-7-12)19(17,18)14-5-4-11(2)10-13(14)15/h4-5,10,12H,3,6-9,15H2,1-2H3. The first-order chi connectivity index (χ1) is 8.95. The summed E-state index contributed by atoms with van der Waals surface area (Å²) in [4.78, 5) is 0.244. The van der Waals surface area contributed by atoms with Crippen molar-refractivity contribution in [2.45, 2.75) is 38.0 Å². The molecule has 1 fully saturated rings. The van der Waals surface area contributed by atoms with Gasteiger partial charge in [-0.25, -0.2) is 8.42 Å². The molecule has 19 heavy (non-hydrogen) atoms. The molecule has 0 aromatic heterocycles. The zero-order chi connectivity index (χ0) is 14.0. The molecule has 106 valence electrons. The Hall–Kier alpha value is -1.07. The van der Waals surface area contributed by atoms with Crippen molar-refractivity contribution in [3.63, 3.8) is 0 Å². The number of nitrogen functional groups attached to an aromatic ring is 1. The zero-order valence-corrected chi connectivity index (χ0v) is 12.4. The number of sulfonamides is 1. The predicted molar refractivity (Wildman–Crippen MR) is 77.4 cm³/mol. The predicted octanol–water partition coefficient (Wildman–Crippen LogP) is 2.39. The largest absolute Gasteiger partial charge is 0.398 e. The Kier molecular flexibility index (Phi) is 4.16. The summed E-state index contributed by atoms with van der Waals surface area (Å²) in [7, 11) is -3.43. The van der Waals surface area contributed by atoms with E-state index in [1.807, 2.05) is 6.92 Å². The molecular weight excluding hydrogens is 260 g/mol. The van der Waals surface area contributed by atoms with Crippen molar-refractivity contribution in [2.75, 3.05) is 18.8 Å². The number of piperidine rings is 1. The summed E-state index contributed by atoms with van der Waals surface area (Å²) in [6.07, 6.45) is 3.02. The molecule has 2 rings (SSSR count). The van der Waals surface area contributed by atoms with Gasteiger partial charge in [-0.05, 0) is 43.4 Å². The molecule has 2 N–H and O–H groups in total. The van der Waals surface area contributed by atoms with Crippen LogP contribution in [-0.4, -0.2) is 25.8 Å². The Bertz CT molecular complexity index is 547. The van der Waals surface area contributed by atoms with E-state index in [0.29, 0.717) is 24.7 Å². The molecule has 0 aliphatic carbocycles. The van der Waals surface area contributed by atoms with Crippen LogP contribution in [-0.2, 0) is 10.0 Å². The van der Waals surface area contributed by atoms with Crippen LogP contribution in [0.2, 0.25) is 0 Å². The number of anilines is 1. The Morgan fingerprint density at radius 3 is 2.47 bits per heavy atom. The number of hydrogen-bond donors (Lipinski definition) is 1. The highest BCUT2D eigenvalue weighted by molar-refractivity contribution is 7.89. The van der Waals surface area contributed by atoms with Crippen LogP contribution in [0.1, 0.15) is 31.7 Å². The summed E-state index contributed by atoms with van der Waals surface area (Å²) in [6, 6.07) is 5.12. The normalized spacial score (nSPS) is 18.6. The number of rotatable bonds is 3. The SMILES string of the molecule is CCC1CCN(S(=O)(=O)c2ccc(C)cc2N)CC1. The van der Waals surface area contributed by atoms with E-state index >= 15 is 0 Å². The van der Waals surface area contributed by atoms with Gasteiger partial charge in [0.1, 0.15) is 4.90 Å². The molecule has 0 atom stereocenters. The van der Waals surface area contributed by atoms with E-state index in [1.165, 1.54) is 0 Å². The van der Waals surface area contributed by atoms with Gasteiger partial charge in [-0.1, -0.05) is 19.4 Å². The second-order valence-corrected chi connectivity index (χ2v) is 7.20. The number of nitrogens with two attached hydrogens (primary N) is 1. The lowest BCUT2D eigenvalue weighted by molar-refractivity contribution is 0.269. The Morgan fingerprint density at radius 1 is 1.32 bits per heavy atom. The lowest BCUT2D eigenvalue weighted by Crippen LogP contribution is -2.38. The molecule has 0 saturated carbocycles. The molecule has 1 saturated heterocycles. The zero-order valence-electron chi connectivity index (χ0n) is 11.6. The molecule has 0 bridgehead atoms. The molecule has 1 heterocycles. The van der Waals surface area contributed by atoms with E-state index in [0.717, 1.165) is 24.8 Å². The first kappa shape index (κ1) is 14.3. The minimum Gasteiger partial charge on any atom is -0.398 e. The quantitative estimate of drug-likeness (QED) is 0.866. The second-order valence-electron chi connectivity index (χ2n) is 5.30. The molecule has 0 amide bonds. The maximum absolute atomic E-state index is 12.6. The molecule has 0 unspecified atom stereocenters. The van der Waals surface area contributed by atoms with Gasteiger partial charge in [0.2, 0.25) is 10.0 Å². The first-order valence-corrected chi connectivity index (χ1v) is 8.25. The third kappa shape index (κ3) is 2.92. The van der Waals surface area contributed by atoms with Gasteiger partial charge < -0.3 is 5.73 Å². The van der Waals surface area contributed by atoms with Crippen LogP contribution in [0.25, 0.3) is 0 Å². The van der Waals surface area contributed by atoms with Crippen LogP contribution in [0, 0.1) is 12.8 Å². The molecule has 4 nitrogen and oxygen atoms in total. The van der Waals surface area contributed by atoms with Crippen LogP contribution >= 0.6 is 0 Å². The van der Waals surface area contributed by atoms with Crippen molar-refractivity contribution in [1.29, 1.82) is 0 Å². The number of hydrogen-bond acceptors (Lipinski definition) is 3. The van der Waals surface area contributed by atoms with Crippen LogP contribution in [0.15, 0.2) is 23.1 Å². The van der Waals surface area contributed by atoms with Crippen molar-refractivity contribution in [3.8, 4) is 0 Å². The van der Waals surface area contributed by atoms with Gasteiger partial charge in [-0.15, -0.1) is 0 Å². The molecule has 1 aromatic rings. The molecular formula is C14H22N2O2S. The monoisotopic (exact) mass is 282 g/mol. The summed E-state index contributed by atoms with van der Waals surface area (Å²) in [5, 5.41) is 0. The van der Waals surface area contributed by atoms with Gasteiger partial charge in [-0.2, -0.15) is 4.31 Å². The molecule has 5 heteroatoms. The summed E-state index contributed by atoms with van der Waals surface area (Å²) >= 11 is 0. The molecule has 1 aromatic carbocycles.